The Kier molecular flexibility index (Phi) is 2.49. The van der Waals surface area contributed by atoms with Gasteiger partial charge in [-0.1, -0.05) is 6.92 Å². The van der Waals surface area contributed by atoms with Crippen molar-refractivity contribution < 1.29 is 0 Å². The average molecular weight is 208 g/mol. The number of anilines is 1. The van der Waals surface area contributed by atoms with Crippen molar-refractivity contribution >= 4 is 17.2 Å². The van der Waals surface area contributed by atoms with Crippen LogP contribution >= 0.6 is 11.3 Å². The van der Waals surface area contributed by atoms with Gasteiger partial charge in [0.2, 0.25) is 0 Å². The summed E-state index contributed by atoms with van der Waals surface area (Å²) in [4.78, 5) is 4.26. The lowest BCUT2D eigenvalue weighted by atomic mass is 10.4. The van der Waals surface area contributed by atoms with Crippen molar-refractivity contribution in [2.45, 2.75) is 19.9 Å². The molecule has 14 heavy (non-hydrogen) atoms. The van der Waals surface area contributed by atoms with E-state index in [2.05, 4.69) is 29.3 Å². The first-order valence-electron chi connectivity index (χ1n) is 4.51. The summed E-state index contributed by atoms with van der Waals surface area (Å²) in [7, 11) is 0. The van der Waals surface area contributed by atoms with Crippen molar-refractivity contribution in [3.8, 4) is 0 Å². The fraction of sp³-hybridized carbons (Fsp3) is 0.333. The molecule has 0 saturated carbocycles. The van der Waals surface area contributed by atoms with E-state index in [1.165, 1.54) is 9.75 Å². The molecule has 2 heterocycles. The molecule has 0 radical (unpaired) electrons. The van der Waals surface area contributed by atoms with Gasteiger partial charge in [-0.15, -0.1) is 16.4 Å². The first-order valence-corrected chi connectivity index (χ1v) is 5.33. The summed E-state index contributed by atoms with van der Waals surface area (Å²) in [5.74, 6) is 0.470. The number of hydrogen-bond donors (Lipinski definition) is 1. The van der Waals surface area contributed by atoms with E-state index in [4.69, 9.17) is 5.73 Å². The maximum absolute atomic E-state index is 5.47. The number of rotatable bonds is 3. The van der Waals surface area contributed by atoms with Crippen LogP contribution < -0.4 is 5.73 Å². The minimum absolute atomic E-state index is 0.470. The number of nitrogens with zero attached hydrogens (tertiary/aromatic N) is 3. The van der Waals surface area contributed by atoms with Gasteiger partial charge in [0.05, 0.1) is 12.7 Å². The molecule has 0 bridgehead atoms. The van der Waals surface area contributed by atoms with Gasteiger partial charge in [-0.05, 0) is 18.6 Å². The van der Waals surface area contributed by atoms with Gasteiger partial charge in [-0.3, -0.25) is 0 Å². The van der Waals surface area contributed by atoms with Crippen molar-refractivity contribution in [3.63, 3.8) is 0 Å². The van der Waals surface area contributed by atoms with Crippen LogP contribution in [-0.2, 0) is 13.0 Å². The second-order valence-electron chi connectivity index (χ2n) is 3.02. The zero-order chi connectivity index (χ0) is 9.97. The lowest BCUT2D eigenvalue weighted by Crippen LogP contribution is -2.02. The summed E-state index contributed by atoms with van der Waals surface area (Å²) < 4.78 is 0. The zero-order valence-electron chi connectivity index (χ0n) is 7.97. The summed E-state index contributed by atoms with van der Waals surface area (Å²) in [5, 5.41) is 8.06. The van der Waals surface area contributed by atoms with Crippen LogP contribution in [0.3, 0.4) is 0 Å². The molecule has 0 atom stereocenters. The molecule has 0 spiro atoms. The topological polar surface area (TPSA) is 56.7 Å². The molecular formula is C9H12N4S. The monoisotopic (exact) mass is 208 g/mol. The van der Waals surface area contributed by atoms with Gasteiger partial charge >= 0.3 is 0 Å². The lowest BCUT2D eigenvalue weighted by Gasteiger charge is -1.94. The number of aromatic nitrogens is 3. The maximum Gasteiger partial charge on any atom is 0.165 e. The highest BCUT2D eigenvalue weighted by atomic mass is 32.1. The van der Waals surface area contributed by atoms with Crippen molar-refractivity contribution in [1.29, 1.82) is 0 Å². The molecule has 2 N–H and O–H groups in total. The largest absolute Gasteiger partial charge is 0.381 e. The molecule has 74 valence electrons. The third kappa shape index (κ3) is 1.93. The predicted octanol–water partition coefficient (Wildman–Crippen LogP) is 1.53. The smallest absolute Gasteiger partial charge is 0.165 e. The quantitative estimate of drug-likeness (QED) is 0.832. The summed E-state index contributed by atoms with van der Waals surface area (Å²) in [6, 6.07) is 4.26. The highest BCUT2D eigenvalue weighted by molar-refractivity contribution is 7.11. The van der Waals surface area contributed by atoms with Crippen LogP contribution in [0.25, 0.3) is 0 Å². The Bertz CT molecular complexity index is 418. The molecule has 2 rings (SSSR count). The number of nitrogen functional groups attached to an aromatic ring is 1. The molecular weight excluding hydrogens is 196 g/mol. The fourth-order valence-corrected chi connectivity index (χ4v) is 2.16. The second-order valence-corrected chi connectivity index (χ2v) is 4.27. The normalized spacial score (nSPS) is 10.6. The van der Waals surface area contributed by atoms with Gasteiger partial charge in [-0.2, -0.15) is 9.90 Å². The highest BCUT2D eigenvalue weighted by Crippen LogP contribution is 2.17. The Morgan fingerprint density at radius 2 is 2.21 bits per heavy atom. The Labute approximate surface area is 86.4 Å². The molecule has 0 saturated heterocycles. The van der Waals surface area contributed by atoms with Crippen LogP contribution in [0.2, 0.25) is 0 Å². The lowest BCUT2D eigenvalue weighted by molar-refractivity contribution is 0.598. The van der Waals surface area contributed by atoms with Gasteiger partial charge in [0.1, 0.15) is 0 Å². The van der Waals surface area contributed by atoms with E-state index in [0.29, 0.717) is 12.4 Å². The van der Waals surface area contributed by atoms with Crippen LogP contribution in [0.4, 0.5) is 5.82 Å². The van der Waals surface area contributed by atoms with E-state index >= 15 is 0 Å². The molecule has 0 aliphatic rings. The second kappa shape index (κ2) is 3.79. The van der Waals surface area contributed by atoms with E-state index in [1.807, 2.05) is 0 Å². The van der Waals surface area contributed by atoms with Crippen molar-refractivity contribution in [2.24, 2.45) is 0 Å². The molecule has 0 amide bonds. The number of aryl methyl sites for hydroxylation is 1. The van der Waals surface area contributed by atoms with E-state index in [1.54, 1.807) is 22.3 Å². The van der Waals surface area contributed by atoms with Gasteiger partial charge < -0.3 is 5.73 Å². The molecule has 2 aromatic rings. The Balaban J connectivity index is 2.10. The third-order valence-electron chi connectivity index (χ3n) is 1.92. The number of nitrogens with two attached hydrogens (primary N) is 1. The van der Waals surface area contributed by atoms with Crippen LogP contribution in [0.5, 0.6) is 0 Å². The predicted molar refractivity (Wildman–Crippen MR) is 57.2 cm³/mol. The van der Waals surface area contributed by atoms with Crippen LogP contribution in [0.15, 0.2) is 18.3 Å². The van der Waals surface area contributed by atoms with Crippen molar-refractivity contribution in [2.75, 3.05) is 5.73 Å². The zero-order valence-corrected chi connectivity index (χ0v) is 8.79. The Hall–Kier alpha value is -1.36. The molecule has 0 aliphatic heterocycles. The Morgan fingerprint density at radius 1 is 1.43 bits per heavy atom. The van der Waals surface area contributed by atoms with Gasteiger partial charge in [0, 0.05) is 9.75 Å². The number of hydrogen-bond acceptors (Lipinski definition) is 4. The van der Waals surface area contributed by atoms with Crippen LogP contribution in [0.1, 0.15) is 16.7 Å². The number of thiophene rings is 1. The molecule has 4 nitrogen and oxygen atoms in total. The highest BCUT2D eigenvalue weighted by Gasteiger charge is 2.01. The summed E-state index contributed by atoms with van der Waals surface area (Å²) in [6.45, 7) is 2.86. The van der Waals surface area contributed by atoms with Crippen molar-refractivity contribution in [1.82, 2.24) is 15.0 Å². The van der Waals surface area contributed by atoms with Crippen LogP contribution in [0, 0.1) is 0 Å². The molecule has 0 aromatic carbocycles. The third-order valence-corrected chi connectivity index (χ3v) is 3.13. The first kappa shape index (κ1) is 9.21. The average Bonchev–Trinajstić information content (AvgIpc) is 2.76. The minimum atomic E-state index is 0.470. The molecule has 0 aliphatic carbocycles. The van der Waals surface area contributed by atoms with E-state index in [0.717, 1.165) is 6.42 Å². The first-order chi connectivity index (χ1) is 6.78. The van der Waals surface area contributed by atoms with E-state index in [9.17, 15) is 0 Å². The fourth-order valence-electron chi connectivity index (χ4n) is 1.22. The van der Waals surface area contributed by atoms with Gasteiger partial charge in [0.25, 0.3) is 0 Å². The van der Waals surface area contributed by atoms with Crippen molar-refractivity contribution in [3.05, 3.63) is 28.1 Å². The summed E-state index contributed by atoms with van der Waals surface area (Å²) in [5.41, 5.74) is 5.47. The molecule has 0 unspecified atom stereocenters. The van der Waals surface area contributed by atoms with E-state index < -0.39 is 0 Å². The standard InChI is InChI=1S/C9H12N4S/c1-2-7-3-4-8(14-7)6-13-11-5-9(10)12-13/h3-5H,2,6H2,1H3,(H2,10,12). The summed E-state index contributed by atoms with van der Waals surface area (Å²) >= 11 is 1.80. The SMILES string of the molecule is CCc1ccc(Cn2ncc(N)n2)s1. The van der Waals surface area contributed by atoms with E-state index in [-0.39, 0.29) is 0 Å². The molecule has 5 heteroatoms. The minimum Gasteiger partial charge on any atom is -0.381 e. The Morgan fingerprint density at radius 3 is 2.79 bits per heavy atom. The van der Waals surface area contributed by atoms with Gasteiger partial charge in [-0.25, -0.2) is 0 Å². The van der Waals surface area contributed by atoms with Crippen LogP contribution in [-0.4, -0.2) is 15.0 Å². The molecule has 2 aromatic heterocycles. The van der Waals surface area contributed by atoms with Gasteiger partial charge in [0.15, 0.2) is 5.82 Å². The summed E-state index contributed by atoms with van der Waals surface area (Å²) in [6.07, 6.45) is 2.65. The maximum atomic E-state index is 5.47. The molecule has 0 fully saturated rings.